The number of nitrogens with one attached hydrogen (secondary N) is 1. The van der Waals surface area contributed by atoms with E-state index in [0.29, 0.717) is 17.4 Å². The number of carbonyl (C=O) groups excluding carboxylic acids is 1. The molecule has 0 spiro atoms. The van der Waals surface area contributed by atoms with E-state index in [-0.39, 0.29) is 16.9 Å². The maximum absolute atomic E-state index is 11.8. The monoisotopic (exact) mass is 305 g/mol. The van der Waals surface area contributed by atoms with E-state index < -0.39 is 0 Å². The Kier molecular flexibility index (Phi) is 4.94. The summed E-state index contributed by atoms with van der Waals surface area (Å²) in [7, 11) is 0. The summed E-state index contributed by atoms with van der Waals surface area (Å²) in [5, 5.41) is 23.6. The van der Waals surface area contributed by atoms with Gasteiger partial charge < -0.3 is 10.4 Å². The number of benzene rings is 1. The van der Waals surface area contributed by atoms with Crippen LogP contribution >= 0.6 is 11.8 Å². The molecule has 0 bridgehead atoms. The number of phenolic OH excluding ortho intramolecular Hbond substituents is 1. The molecule has 1 aromatic carbocycles. The number of amides is 1. The zero-order valence-corrected chi connectivity index (χ0v) is 12.2. The van der Waals surface area contributed by atoms with Crippen molar-refractivity contribution in [2.24, 2.45) is 0 Å². The molecule has 2 aromatic rings. The maximum atomic E-state index is 11.8. The SMILES string of the molecule is C=CCNC(=O)[C@H](C)Sc1nnnn1-c1ccc(O)cc1. The third kappa shape index (κ3) is 3.82. The van der Waals surface area contributed by atoms with Crippen molar-refractivity contribution in [1.29, 1.82) is 0 Å². The van der Waals surface area contributed by atoms with Crippen LogP contribution in [0.15, 0.2) is 42.1 Å². The van der Waals surface area contributed by atoms with Crippen LogP contribution in [0.25, 0.3) is 5.69 Å². The summed E-state index contributed by atoms with van der Waals surface area (Å²) in [4.78, 5) is 11.8. The summed E-state index contributed by atoms with van der Waals surface area (Å²) in [5.41, 5.74) is 0.707. The zero-order chi connectivity index (χ0) is 15.2. The molecular formula is C13H15N5O2S. The van der Waals surface area contributed by atoms with Crippen LogP contribution < -0.4 is 5.32 Å². The van der Waals surface area contributed by atoms with Crippen molar-refractivity contribution < 1.29 is 9.90 Å². The minimum absolute atomic E-state index is 0.111. The highest BCUT2D eigenvalue weighted by Gasteiger charge is 2.18. The second-order valence-corrected chi connectivity index (χ2v) is 5.49. The minimum atomic E-state index is -0.341. The van der Waals surface area contributed by atoms with Crippen LogP contribution in [0.3, 0.4) is 0 Å². The average molecular weight is 305 g/mol. The van der Waals surface area contributed by atoms with Gasteiger partial charge in [-0.1, -0.05) is 17.8 Å². The number of aromatic nitrogens is 4. The number of hydrogen-bond acceptors (Lipinski definition) is 6. The summed E-state index contributed by atoms with van der Waals surface area (Å²) in [6.45, 7) is 5.75. The van der Waals surface area contributed by atoms with Crippen LogP contribution in [-0.4, -0.2) is 43.0 Å². The molecule has 110 valence electrons. The summed E-state index contributed by atoms with van der Waals surface area (Å²) >= 11 is 1.25. The smallest absolute Gasteiger partial charge is 0.233 e. The molecule has 1 amide bonds. The molecule has 0 saturated carbocycles. The van der Waals surface area contributed by atoms with Gasteiger partial charge in [0.1, 0.15) is 5.75 Å². The number of carbonyl (C=O) groups is 1. The van der Waals surface area contributed by atoms with Crippen molar-refractivity contribution in [3.05, 3.63) is 36.9 Å². The molecule has 0 aliphatic heterocycles. The van der Waals surface area contributed by atoms with Gasteiger partial charge in [-0.15, -0.1) is 11.7 Å². The topological polar surface area (TPSA) is 92.9 Å². The van der Waals surface area contributed by atoms with Gasteiger partial charge in [-0.05, 0) is 41.6 Å². The van der Waals surface area contributed by atoms with E-state index in [1.54, 1.807) is 37.3 Å². The number of tetrazole rings is 1. The van der Waals surface area contributed by atoms with Crippen molar-refractivity contribution in [1.82, 2.24) is 25.5 Å². The Balaban J connectivity index is 2.11. The normalized spacial score (nSPS) is 11.9. The Morgan fingerprint density at radius 3 is 2.90 bits per heavy atom. The van der Waals surface area contributed by atoms with Crippen molar-refractivity contribution in [3.63, 3.8) is 0 Å². The number of nitrogens with zero attached hydrogens (tertiary/aromatic N) is 4. The molecular weight excluding hydrogens is 290 g/mol. The molecule has 2 rings (SSSR count). The van der Waals surface area contributed by atoms with Crippen molar-refractivity contribution in [3.8, 4) is 11.4 Å². The molecule has 1 atom stereocenters. The third-order valence-electron chi connectivity index (χ3n) is 2.61. The first-order valence-electron chi connectivity index (χ1n) is 6.25. The fourth-order valence-corrected chi connectivity index (χ4v) is 2.37. The molecule has 0 aliphatic carbocycles. The molecule has 0 radical (unpaired) electrons. The summed E-state index contributed by atoms with van der Waals surface area (Å²) in [6, 6.07) is 6.48. The average Bonchev–Trinajstić information content (AvgIpc) is 2.93. The van der Waals surface area contributed by atoms with Gasteiger partial charge in [0.15, 0.2) is 0 Å². The van der Waals surface area contributed by atoms with Crippen LogP contribution in [-0.2, 0) is 4.79 Å². The Morgan fingerprint density at radius 1 is 1.52 bits per heavy atom. The van der Waals surface area contributed by atoms with Crippen molar-refractivity contribution >= 4 is 17.7 Å². The standard InChI is InChI=1S/C13H15N5O2S/c1-3-8-14-12(20)9(2)21-13-15-16-17-18(13)10-4-6-11(19)7-5-10/h3-7,9,19H,1,8H2,2H3,(H,14,20)/t9-/m0/s1. The first-order chi connectivity index (χ1) is 10.1. The number of rotatable bonds is 6. The fraction of sp³-hybridized carbons (Fsp3) is 0.231. The van der Waals surface area contributed by atoms with Gasteiger partial charge in [0.2, 0.25) is 11.1 Å². The predicted molar refractivity (Wildman–Crippen MR) is 79.3 cm³/mol. The number of thioether (sulfide) groups is 1. The maximum Gasteiger partial charge on any atom is 0.233 e. The minimum Gasteiger partial charge on any atom is -0.508 e. The van der Waals surface area contributed by atoms with Gasteiger partial charge >= 0.3 is 0 Å². The second kappa shape index (κ2) is 6.89. The largest absolute Gasteiger partial charge is 0.508 e. The number of aromatic hydroxyl groups is 1. The highest BCUT2D eigenvalue weighted by molar-refractivity contribution is 8.00. The summed E-state index contributed by atoms with van der Waals surface area (Å²) in [5.74, 6) is 0.0540. The van der Waals surface area contributed by atoms with Gasteiger partial charge in [0.25, 0.3) is 0 Å². The van der Waals surface area contributed by atoms with Gasteiger partial charge in [-0.3, -0.25) is 4.79 Å². The first kappa shape index (κ1) is 15.0. The lowest BCUT2D eigenvalue weighted by atomic mass is 10.3. The van der Waals surface area contributed by atoms with Crippen LogP contribution in [0.4, 0.5) is 0 Å². The van der Waals surface area contributed by atoms with E-state index in [1.807, 2.05) is 0 Å². The Labute approximate surface area is 126 Å². The third-order valence-corrected chi connectivity index (χ3v) is 3.64. The van der Waals surface area contributed by atoms with Crippen molar-refractivity contribution in [2.45, 2.75) is 17.3 Å². The highest BCUT2D eigenvalue weighted by atomic mass is 32.2. The van der Waals surface area contributed by atoms with Gasteiger partial charge in [0, 0.05) is 6.54 Å². The summed E-state index contributed by atoms with van der Waals surface area (Å²) < 4.78 is 1.52. The van der Waals surface area contributed by atoms with Crippen LogP contribution in [0.5, 0.6) is 5.75 Å². The van der Waals surface area contributed by atoms with Gasteiger partial charge in [0.05, 0.1) is 10.9 Å². The Bertz CT molecular complexity index is 626. The quantitative estimate of drug-likeness (QED) is 0.614. The predicted octanol–water partition coefficient (Wildman–Crippen LogP) is 1.15. The molecule has 2 N–H and O–H groups in total. The zero-order valence-electron chi connectivity index (χ0n) is 11.4. The molecule has 0 aliphatic rings. The number of phenols is 1. The molecule has 0 saturated heterocycles. The lowest BCUT2D eigenvalue weighted by Gasteiger charge is -2.10. The van der Waals surface area contributed by atoms with Crippen molar-refractivity contribution in [2.75, 3.05) is 6.54 Å². The van der Waals surface area contributed by atoms with Crippen LogP contribution in [0, 0.1) is 0 Å². The lowest BCUT2D eigenvalue weighted by molar-refractivity contribution is -0.120. The van der Waals surface area contributed by atoms with Crippen LogP contribution in [0.2, 0.25) is 0 Å². The van der Waals surface area contributed by atoms with E-state index in [0.717, 1.165) is 0 Å². The Morgan fingerprint density at radius 2 is 2.24 bits per heavy atom. The van der Waals surface area contributed by atoms with E-state index in [9.17, 15) is 9.90 Å². The summed E-state index contributed by atoms with van der Waals surface area (Å²) in [6.07, 6.45) is 1.62. The molecule has 0 unspecified atom stereocenters. The second-order valence-electron chi connectivity index (χ2n) is 4.18. The van der Waals surface area contributed by atoms with E-state index in [2.05, 4.69) is 27.4 Å². The molecule has 1 heterocycles. The highest BCUT2D eigenvalue weighted by Crippen LogP contribution is 2.23. The van der Waals surface area contributed by atoms with E-state index in [4.69, 9.17) is 0 Å². The lowest BCUT2D eigenvalue weighted by Crippen LogP contribution is -2.31. The first-order valence-corrected chi connectivity index (χ1v) is 7.13. The molecule has 21 heavy (non-hydrogen) atoms. The number of hydrogen-bond donors (Lipinski definition) is 2. The van der Waals surface area contributed by atoms with E-state index >= 15 is 0 Å². The van der Waals surface area contributed by atoms with Gasteiger partial charge in [-0.25, -0.2) is 0 Å². The van der Waals surface area contributed by atoms with Gasteiger partial charge in [-0.2, -0.15) is 4.68 Å². The fourth-order valence-electron chi connectivity index (χ4n) is 1.54. The Hall–Kier alpha value is -2.35. The molecule has 7 nitrogen and oxygen atoms in total. The molecule has 0 fully saturated rings. The van der Waals surface area contributed by atoms with E-state index in [1.165, 1.54) is 16.4 Å². The molecule has 1 aromatic heterocycles. The molecule has 8 heteroatoms. The van der Waals surface area contributed by atoms with Crippen LogP contribution in [0.1, 0.15) is 6.92 Å².